The summed E-state index contributed by atoms with van der Waals surface area (Å²) in [5, 5.41) is 11.0. The molecule has 2 aromatic carbocycles. The second-order valence-corrected chi connectivity index (χ2v) is 11.0. The summed E-state index contributed by atoms with van der Waals surface area (Å²) < 4.78 is 0. The van der Waals surface area contributed by atoms with Crippen LogP contribution >= 0.6 is 0 Å². The molecular weight excluding hydrogens is 422 g/mol. The first kappa shape index (κ1) is 23.0. The Morgan fingerprint density at radius 1 is 1.12 bits per heavy atom. The Bertz CT molecular complexity index is 1220. The zero-order valence-electron chi connectivity index (χ0n) is 20.5. The van der Waals surface area contributed by atoms with E-state index in [1.54, 1.807) is 0 Å². The Kier molecular flexibility index (Phi) is 5.95. The first-order chi connectivity index (χ1) is 16.3. The molecule has 34 heavy (non-hydrogen) atoms. The van der Waals surface area contributed by atoms with E-state index in [1.165, 1.54) is 11.1 Å². The predicted octanol–water partition coefficient (Wildman–Crippen LogP) is 4.63. The van der Waals surface area contributed by atoms with Gasteiger partial charge in [0.1, 0.15) is 5.82 Å². The summed E-state index contributed by atoms with van der Waals surface area (Å²) in [5.41, 5.74) is 4.91. The molecule has 1 atom stereocenters. The zero-order chi connectivity index (χ0) is 23.9. The minimum absolute atomic E-state index is 0.0293. The number of H-pyrrole nitrogens is 1. The first-order valence-corrected chi connectivity index (χ1v) is 12.5. The van der Waals surface area contributed by atoms with Crippen LogP contribution in [0, 0.1) is 0 Å². The van der Waals surface area contributed by atoms with Crippen LogP contribution < -0.4 is 5.56 Å². The highest BCUT2D eigenvalue weighted by Gasteiger charge is 2.48. The van der Waals surface area contributed by atoms with Gasteiger partial charge in [-0.2, -0.15) is 0 Å². The lowest BCUT2D eigenvalue weighted by Gasteiger charge is -2.25. The van der Waals surface area contributed by atoms with Crippen molar-refractivity contribution in [1.82, 2.24) is 14.9 Å². The van der Waals surface area contributed by atoms with Gasteiger partial charge in [0.2, 0.25) is 0 Å². The summed E-state index contributed by atoms with van der Waals surface area (Å²) in [7, 11) is 0. The van der Waals surface area contributed by atoms with E-state index in [2.05, 4.69) is 67.1 Å². The summed E-state index contributed by atoms with van der Waals surface area (Å²) in [6, 6.07) is 18.6. The van der Waals surface area contributed by atoms with Crippen molar-refractivity contribution in [3.8, 4) is 0 Å². The molecule has 0 bridgehead atoms. The highest BCUT2D eigenvalue weighted by Crippen LogP contribution is 2.51. The van der Waals surface area contributed by atoms with Gasteiger partial charge in [0.15, 0.2) is 0 Å². The summed E-state index contributed by atoms with van der Waals surface area (Å²) in [6.45, 7) is 8.41. The largest absolute Gasteiger partial charge is 0.387 e. The summed E-state index contributed by atoms with van der Waals surface area (Å²) >= 11 is 0. The lowest BCUT2D eigenvalue weighted by atomic mass is 9.85. The molecule has 0 radical (unpaired) electrons. The molecule has 1 aliphatic carbocycles. The lowest BCUT2D eigenvalue weighted by Crippen LogP contribution is -2.32. The van der Waals surface area contributed by atoms with Crippen molar-refractivity contribution in [2.45, 2.75) is 69.9 Å². The molecule has 2 N–H and O–H groups in total. The molecular formula is C29H35N3O2. The van der Waals surface area contributed by atoms with Crippen LogP contribution in [0.15, 0.2) is 59.4 Å². The van der Waals surface area contributed by atoms with Crippen molar-refractivity contribution in [2.75, 3.05) is 13.1 Å². The molecule has 2 aliphatic rings. The van der Waals surface area contributed by atoms with Gasteiger partial charge in [-0.05, 0) is 54.3 Å². The number of hydrogen-bond acceptors (Lipinski definition) is 4. The predicted molar refractivity (Wildman–Crippen MR) is 135 cm³/mol. The number of nitrogens with zero attached hydrogens (tertiary/aromatic N) is 2. The fourth-order valence-electron chi connectivity index (χ4n) is 5.18. The van der Waals surface area contributed by atoms with Crippen molar-refractivity contribution in [1.29, 1.82) is 0 Å². The van der Waals surface area contributed by atoms with Crippen molar-refractivity contribution < 1.29 is 5.11 Å². The van der Waals surface area contributed by atoms with Gasteiger partial charge in [-0.25, -0.2) is 4.98 Å². The highest BCUT2D eigenvalue weighted by molar-refractivity contribution is 5.40. The molecule has 1 unspecified atom stereocenters. The summed E-state index contributed by atoms with van der Waals surface area (Å²) in [5.74, 6) is 0.815. The molecule has 0 amide bonds. The maximum atomic E-state index is 13.2. The van der Waals surface area contributed by atoms with E-state index in [0.29, 0.717) is 13.1 Å². The number of aliphatic hydroxyl groups is 1. The van der Waals surface area contributed by atoms with Gasteiger partial charge < -0.3 is 10.1 Å². The quantitative estimate of drug-likeness (QED) is 0.586. The van der Waals surface area contributed by atoms with Crippen molar-refractivity contribution >= 4 is 0 Å². The van der Waals surface area contributed by atoms with Crippen molar-refractivity contribution in [3.63, 3.8) is 0 Å². The van der Waals surface area contributed by atoms with E-state index in [4.69, 9.17) is 4.98 Å². The zero-order valence-corrected chi connectivity index (χ0v) is 20.5. The lowest BCUT2D eigenvalue weighted by molar-refractivity contribution is 0.109. The maximum absolute atomic E-state index is 13.2. The molecule has 0 saturated heterocycles. The van der Waals surface area contributed by atoms with Crippen molar-refractivity contribution in [3.05, 3.63) is 98.7 Å². The molecule has 1 aliphatic heterocycles. The number of fused-ring (bicyclic) bond motifs is 1. The van der Waals surface area contributed by atoms with Crippen LogP contribution in [0.3, 0.4) is 0 Å². The third kappa shape index (κ3) is 4.47. The molecule has 2 heterocycles. The minimum atomic E-state index is -0.594. The molecule has 178 valence electrons. The third-order valence-electron chi connectivity index (χ3n) is 7.47. The van der Waals surface area contributed by atoms with Gasteiger partial charge in [0, 0.05) is 13.1 Å². The number of aryl methyl sites for hydroxylation is 1. The van der Waals surface area contributed by atoms with Crippen molar-refractivity contribution in [2.24, 2.45) is 0 Å². The molecule has 0 spiro atoms. The Balaban J connectivity index is 1.36. The Morgan fingerprint density at radius 3 is 2.59 bits per heavy atom. The van der Waals surface area contributed by atoms with E-state index in [0.717, 1.165) is 54.9 Å². The molecule has 5 rings (SSSR count). The molecule has 1 aromatic heterocycles. The van der Waals surface area contributed by atoms with Crippen LogP contribution in [0.25, 0.3) is 0 Å². The SMILES string of the molecule is CC(C)(C)c1cccc(C(O)CN2CCCc3nc(C4(c5ccccc5)CC4)[nH]c(=O)c3C2)c1. The van der Waals surface area contributed by atoms with Crippen LogP contribution in [0.5, 0.6) is 0 Å². The number of aromatic nitrogens is 2. The molecule has 3 aromatic rings. The Labute approximate surface area is 201 Å². The third-order valence-corrected chi connectivity index (χ3v) is 7.47. The van der Waals surface area contributed by atoms with E-state index in [1.807, 2.05) is 18.2 Å². The topological polar surface area (TPSA) is 69.2 Å². The summed E-state index contributed by atoms with van der Waals surface area (Å²) in [4.78, 5) is 23.6. The second-order valence-electron chi connectivity index (χ2n) is 11.0. The minimum Gasteiger partial charge on any atom is -0.387 e. The van der Waals surface area contributed by atoms with Gasteiger partial charge in [-0.3, -0.25) is 9.69 Å². The fourth-order valence-corrected chi connectivity index (χ4v) is 5.18. The Hall–Kier alpha value is -2.76. The smallest absolute Gasteiger partial charge is 0.255 e. The molecule has 1 fully saturated rings. The molecule has 1 saturated carbocycles. The van der Waals surface area contributed by atoms with E-state index >= 15 is 0 Å². The molecule has 5 heteroatoms. The Morgan fingerprint density at radius 2 is 1.88 bits per heavy atom. The van der Waals surface area contributed by atoms with Crippen LogP contribution in [0.2, 0.25) is 0 Å². The van der Waals surface area contributed by atoms with Crippen LogP contribution in [0.1, 0.15) is 79.9 Å². The second kappa shape index (κ2) is 8.79. The summed E-state index contributed by atoms with van der Waals surface area (Å²) in [6.07, 6.45) is 3.16. The van der Waals surface area contributed by atoms with E-state index in [-0.39, 0.29) is 16.4 Å². The standard InChI is InChI=1S/C29H35N3O2/c1-28(2,3)22-12-7-9-20(17-22)25(33)19-32-16-8-13-24-23(18-32)26(34)31-27(30-24)29(14-15-29)21-10-5-4-6-11-21/h4-7,9-12,17,25,33H,8,13-16,18-19H2,1-3H3,(H,30,31,34). The normalized spacial score (nSPS) is 18.7. The van der Waals surface area contributed by atoms with E-state index in [9.17, 15) is 9.90 Å². The van der Waals surface area contributed by atoms with Gasteiger partial charge in [0.25, 0.3) is 5.56 Å². The number of β-amino-alcohol motifs (C(OH)–C–C–N with tert-alkyl or cyclic N) is 1. The number of nitrogens with one attached hydrogen (secondary N) is 1. The number of rotatable bonds is 5. The fraction of sp³-hybridized carbons (Fsp3) is 0.448. The van der Waals surface area contributed by atoms with Gasteiger partial charge in [-0.1, -0.05) is 75.4 Å². The van der Waals surface area contributed by atoms with Crippen LogP contribution in [-0.2, 0) is 23.8 Å². The van der Waals surface area contributed by atoms with Gasteiger partial charge in [0.05, 0.1) is 22.8 Å². The number of aliphatic hydroxyl groups excluding tert-OH is 1. The highest BCUT2D eigenvalue weighted by atomic mass is 16.3. The number of hydrogen-bond donors (Lipinski definition) is 2. The van der Waals surface area contributed by atoms with Crippen LogP contribution in [0.4, 0.5) is 0 Å². The first-order valence-electron chi connectivity index (χ1n) is 12.5. The number of benzene rings is 2. The monoisotopic (exact) mass is 457 g/mol. The molecule has 5 nitrogen and oxygen atoms in total. The van der Waals surface area contributed by atoms with Crippen LogP contribution in [-0.4, -0.2) is 33.1 Å². The maximum Gasteiger partial charge on any atom is 0.255 e. The van der Waals surface area contributed by atoms with E-state index < -0.39 is 6.10 Å². The van der Waals surface area contributed by atoms with Gasteiger partial charge >= 0.3 is 0 Å². The average Bonchev–Trinajstić information content (AvgIpc) is 3.64. The number of aromatic amines is 1. The van der Waals surface area contributed by atoms with Gasteiger partial charge in [-0.15, -0.1) is 0 Å². The average molecular weight is 458 g/mol.